The first-order valence-electron chi connectivity index (χ1n) is 7.87. The average molecular weight is 284 g/mol. The third-order valence-corrected chi connectivity index (χ3v) is 4.99. The van der Waals surface area contributed by atoms with Gasteiger partial charge in [-0.25, -0.2) is 0 Å². The van der Waals surface area contributed by atoms with Crippen LogP contribution in [0.25, 0.3) is 0 Å². The molecule has 1 saturated heterocycles. The van der Waals surface area contributed by atoms with Gasteiger partial charge in [0.15, 0.2) is 0 Å². The van der Waals surface area contributed by atoms with E-state index < -0.39 is 11.5 Å². The van der Waals surface area contributed by atoms with Crippen LogP contribution in [0.15, 0.2) is 0 Å². The summed E-state index contributed by atoms with van der Waals surface area (Å²) in [6.45, 7) is 4.36. The Morgan fingerprint density at radius 3 is 2.65 bits per heavy atom. The summed E-state index contributed by atoms with van der Waals surface area (Å²) in [6, 6.07) is 0.905. The number of carboxylic acid groups (broad SMARTS) is 1. The minimum Gasteiger partial charge on any atom is -0.480 e. The first kappa shape index (κ1) is 15.7. The van der Waals surface area contributed by atoms with Crippen LogP contribution in [0.5, 0.6) is 0 Å². The zero-order valence-electron chi connectivity index (χ0n) is 12.7. The van der Waals surface area contributed by atoms with Gasteiger partial charge in [0.2, 0.25) is 0 Å². The van der Waals surface area contributed by atoms with Gasteiger partial charge in [0, 0.05) is 25.3 Å². The normalized spacial score (nSPS) is 32.5. The Morgan fingerprint density at radius 1 is 1.35 bits per heavy atom. The van der Waals surface area contributed by atoms with E-state index in [1.54, 1.807) is 0 Å². The Bertz CT molecular complexity index is 327. The van der Waals surface area contributed by atoms with Crippen molar-refractivity contribution in [3.8, 4) is 0 Å². The van der Waals surface area contributed by atoms with Crippen LogP contribution in [0.1, 0.15) is 45.4 Å². The molecule has 0 aromatic heterocycles. The number of nitrogens with zero attached hydrogens (tertiary/aromatic N) is 1. The molecule has 0 amide bonds. The van der Waals surface area contributed by atoms with Gasteiger partial charge < -0.3 is 20.1 Å². The fourth-order valence-electron chi connectivity index (χ4n) is 3.75. The van der Waals surface area contributed by atoms with Crippen molar-refractivity contribution in [1.82, 2.24) is 10.2 Å². The largest absolute Gasteiger partial charge is 0.480 e. The van der Waals surface area contributed by atoms with Crippen LogP contribution >= 0.6 is 0 Å². The second-order valence-corrected chi connectivity index (χ2v) is 6.18. The number of carbonyl (C=O) groups is 1. The highest BCUT2D eigenvalue weighted by Gasteiger charge is 2.44. The molecule has 5 nitrogen and oxygen atoms in total. The number of rotatable bonds is 5. The minimum absolute atomic E-state index is 0.363. The first-order chi connectivity index (χ1) is 9.59. The predicted molar refractivity (Wildman–Crippen MR) is 77.9 cm³/mol. The summed E-state index contributed by atoms with van der Waals surface area (Å²) < 4.78 is 5.42. The lowest BCUT2D eigenvalue weighted by Crippen LogP contribution is -2.59. The van der Waals surface area contributed by atoms with Gasteiger partial charge in [0.25, 0.3) is 0 Å². The van der Waals surface area contributed by atoms with E-state index in [2.05, 4.69) is 17.3 Å². The van der Waals surface area contributed by atoms with Crippen molar-refractivity contribution in [2.75, 3.05) is 26.8 Å². The van der Waals surface area contributed by atoms with E-state index >= 15 is 0 Å². The van der Waals surface area contributed by atoms with Gasteiger partial charge in [0.1, 0.15) is 5.54 Å². The number of hydrogen-bond acceptors (Lipinski definition) is 4. The molecule has 0 bridgehead atoms. The van der Waals surface area contributed by atoms with Crippen molar-refractivity contribution < 1.29 is 14.6 Å². The molecule has 0 spiro atoms. The molecule has 2 atom stereocenters. The van der Waals surface area contributed by atoms with Crippen molar-refractivity contribution in [3.63, 3.8) is 0 Å². The van der Waals surface area contributed by atoms with E-state index in [4.69, 9.17) is 4.74 Å². The molecule has 2 rings (SSSR count). The summed E-state index contributed by atoms with van der Waals surface area (Å²) in [7, 11) is 2.16. The van der Waals surface area contributed by atoms with Crippen LogP contribution in [0.3, 0.4) is 0 Å². The van der Waals surface area contributed by atoms with Gasteiger partial charge in [-0.05, 0) is 52.1 Å². The summed E-state index contributed by atoms with van der Waals surface area (Å²) >= 11 is 0. The van der Waals surface area contributed by atoms with Crippen LogP contribution in [-0.4, -0.2) is 60.4 Å². The predicted octanol–water partition coefficient (Wildman–Crippen LogP) is 1.47. The topological polar surface area (TPSA) is 61.8 Å². The van der Waals surface area contributed by atoms with Crippen molar-refractivity contribution in [2.24, 2.45) is 0 Å². The molecular weight excluding hydrogens is 256 g/mol. The van der Waals surface area contributed by atoms with Crippen LogP contribution in [-0.2, 0) is 9.53 Å². The maximum absolute atomic E-state index is 11.7. The lowest BCUT2D eigenvalue weighted by atomic mass is 9.78. The summed E-state index contributed by atoms with van der Waals surface area (Å²) in [5.41, 5.74) is -0.725. The SMILES string of the molecule is CCNC1(C(=O)O)CCCC(N(C)C2CCOCC2)C1. The monoisotopic (exact) mass is 284 g/mol. The Labute approximate surface area is 121 Å². The molecule has 0 aromatic carbocycles. The molecule has 20 heavy (non-hydrogen) atoms. The number of ether oxygens (including phenoxy) is 1. The van der Waals surface area contributed by atoms with Crippen LogP contribution < -0.4 is 5.32 Å². The van der Waals surface area contributed by atoms with Crippen LogP contribution in [0.2, 0.25) is 0 Å². The Hall–Kier alpha value is -0.650. The second-order valence-electron chi connectivity index (χ2n) is 6.18. The summed E-state index contributed by atoms with van der Waals surface area (Å²) in [4.78, 5) is 14.1. The molecule has 1 aliphatic heterocycles. The molecule has 2 unspecified atom stereocenters. The fourth-order valence-corrected chi connectivity index (χ4v) is 3.75. The van der Waals surface area contributed by atoms with Crippen molar-refractivity contribution >= 4 is 5.97 Å². The van der Waals surface area contributed by atoms with Gasteiger partial charge in [-0.2, -0.15) is 0 Å². The lowest BCUT2D eigenvalue weighted by molar-refractivity contribution is -0.147. The molecule has 1 aliphatic carbocycles. The van der Waals surface area contributed by atoms with Crippen molar-refractivity contribution in [3.05, 3.63) is 0 Å². The van der Waals surface area contributed by atoms with E-state index in [9.17, 15) is 9.90 Å². The van der Waals surface area contributed by atoms with E-state index in [1.165, 1.54) is 0 Å². The smallest absolute Gasteiger partial charge is 0.323 e. The number of hydrogen-bond donors (Lipinski definition) is 2. The molecular formula is C15H28N2O3. The van der Waals surface area contributed by atoms with Gasteiger partial charge in [-0.1, -0.05) is 6.92 Å². The van der Waals surface area contributed by atoms with Gasteiger partial charge in [-0.3, -0.25) is 4.79 Å². The molecule has 2 fully saturated rings. The highest BCUT2D eigenvalue weighted by atomic mass is 16.5. The van der Waals surface area contributed by atoms with Crippen molar-refractivity contribution in [2.45, 2.75) is 63.1 Å². The minimum atomic E-state index is -0.725. The Kier molecular flexibility index (Phi) is 5.41. The number of nitrogens with one attached hydrogen (secondary N) is 1. The summed E-state index contributed by atoms with van der Waals surface area (Å²) in [5.74, 6) is -0.690. The standard InChI is InChI=1S/C15H28N2O3/c1-3-16-15(14(18)19)8-4-5-13(11-15)17(2)12-6-9-20-10-7-12/h12-13,16H,3-11H2,1-2H3,(H,18,19). The fraction of sp³-hybridized carbons (Fsp3) is 0.933. The zero-order chi connectivity index (χ0) is 14.6. The number of carboxylic acids is 1. The van der Waals surface area contributed by atoms with E-state index in [1.807, 2.05) is 6.92 Å². The molecule has 0 aromatic rings. The molecule has 2 N–H and O–H groups in total. The van der Waals surface area contributed by atoms with Gasteiger partial charge in [-0.15, -0.1) is 0 Å². The summed E-state index contributed by atoms with van der Waals surface area (Å²) in [5, 5.41) is 12.9. The molecule has 1 heterocycles. The quantitative estimate of drug-likeness (QED) is 0.800. The molecule has 5 heteroatoms. The average Bonchev–Trinajstić information content (AvgIpc) is 2.48. The van der Waals surface area contributed by atoms with Crippen molar-refractivity contribution in [1.29, 1.82) is 0 Å². The maximum Gasteiger partial charge on any atom is 0.323 e. The maximum atomic E-state index is 11.7. The highest BCUT2D eigenvalue weighted by Crippen LogP contribution is 2.33. The van der Waals surface area contributed by atoms with E-state index in [0.29, 0.717) is 25.0 Å². The van der Waals surface area contributed by atoms with Crippen LogP contribution in [0, 0.1) is 0 Å². The molecule has 1 saturated carbocycles. The number of aliphatic carboxylic acids is 1. The zero-order valence-corrected chi connectivity index (χ0v) is 12.7. The summed E-state index contributed by atoms with van der Waals surface area (Å²) in [6.07, 6.45) is 5.67. The van der Waals surface area contributed by atoms with Gasteiger partial charge >= 0.3 is 5.97 Å². The number of likely N-dealkylation sites (N-methyl/N-ethyl adjacent to an activating group) is 1. The first-order valence-corrected chi connectivity index (χ1v) is 7.87. The molecule has 116 valence electrons. The Morgan fingerprint density at radius 2 is 2.05 bits per heavy atom. The third-order valence-electron chi connectivity index (χ3n) is 4.99. The lowest BCUT2D eigenvalue weighted by Gasteiger charge is -2.44. The van der Waals surface area contributed by atoms with E-state index in [-0.39, 0.29) is 0 Å². The Balaban J connectivity index is 2.02. The van der Waals surface area contributed by atoms with Gasteiger partial charge in [0.05, 0.1) is 0 Å². The molecule has 0 radical (unpaired) electrons. The highest BCUT2D eigenvalue weighted by molar-refractivity contribution is 5.79. The third kappa shape index (κ3) is 3.32. The molecule has 2 aliphatic rings. The van der Waals surface area contributed by atoms with E-state index in [0.717, 1.165) is 45.3 Å². The van der Waals surface area contributed by atoms with Crippen LogP contribution in [0.4, 0.5) is 0 Å². The second kappa shape index (κ2) is 6.87.